The number of rotatable bonds is 9. The van der Waals surface area contributed by atoms with Gasteiger partial charge in [-0.1, -0.05) is 43.9 Å². The van der Waals surface area contributed by atoms with Crippen molar-refractivity contribution < 1.29 is 9.13 Å². The second-order valence-corrected chi connectivity index (χ2v) is 17.2. The molecule has 0 spiro atoms. The largest absolute Gasteiger partial charge is 0.369 e. The quantitative estimate of drug-likeness (QED) is 0.252. The minimum absolute atomic E-state index is 0.181. The number of benzene rings is 2. The van der Waals surface area contributed by atoms with E-state index >= 15 is 4.39 Å². The fourth-order valence-corrected chi connectivity index (χ4v) is 5.60. The molecule has 0 amide bonds. The lowest BCUT2D eigenvalue weighted by atomic mass is 9.99. The highest BCUT2D eigenvalue weighted by Gasteiger charge is 2.29. The van der Waals surface area contributed by atoms with Gasteiger partial charge >= 0.3 is 0 Å². The summed E-state index contributed by atoms with van der Waals surface area (Å²) < 4.78 is 23.2. The summed E-state index contributed by atoms with van der Waals surface area (Å²) in [5.41, 5.74) is 5.72. The first kappa shape index (κ1) is 25.2. The van der Waals surface area contributed by atoms with Crippen molar-refractivity contribution in [3.63, 3.8) is 0 Å². The first-order valence-electron chi connectivity index (χ1n) is 13.3. The molecule has 0 atom stereocenters. The maximum Gasteiger partial charge on any atom is 0.140 e. The third-order valence-electron chi connectivity index (χ3n) is 7.34. The molecule has 0 N–H and O–H groups in total. The number of likely N-dealkylation sites (N-methyl/N-ethyl adjacent to an activating group) is 1. The number of aromatic nitrogens is 2. The Morgan fingerprint density at radius 1 is 1.00 bits per heavy atom. The van der Waals surface area contributed by atoms with Gasteiger partial charge in [0.1, 0.15) is 12.5 Å². The van der Waals surface area contributed by atoms with Gasteiger partial charge < -0.3 is 14.5 Å². The maximum atomic E-state index is 15.3. The van der Waals surface area contributed by atoms with Crippen LogP contribution >= 0.6 is 0 Å². The van der Waals surface area contributed by atoms with E-state index in [0.29, 0.717) is 24.8 Å². The van der Waals surface area contributed by atoms with Crippen molar-refractivity contribution in [2.75, 3.05) is 44.7 Å². The molecule has 5 rings (SSSR count). The molecule has 2 fully saturated rings. The molecule has 5 nitrogen and oxygen atoms in total. The van der Waals surface area contributed by atoms with Crippen LogP contribution in [0.25, 0.3) is 22.5 Å². The van der Waals surface area contributed by atoms with Crippen LogP contribution in [0.15, 0.2) is 48.5 Å². The molecule has 1 aliphatic heterocycles. The summed E-state index contributed by atoms with van der Waals surface area (Å²) in [6.45, 7) is 12.3. The Morgan fingerprint density at radius 3 is 2.39 bits per heavy atom. The van der Waals surface area contributed by atoms with Crippen molar-refractivity contribution in [2.45, 2.75) is 51.2 Å². The van der Waals surface area contributed by atoms with Crippen LogP contribution in [0.3, 0.4) is 0 Å². The topological polar surface area (TPSA) is 33.5 Å². The second-order valence-electron chi connectivity index (χ2n) is 11.6. The SMILES string of the molecule is CN1CCN(c2ccc(-c3cc(-c4c(F)cccc4C4CC4)n(COCC[Si](C)(C)C)n3)cc2)CC1. The van der Waals surface area contributed by atoms with Crippen LogP contribution in [0.2, 0.25) is 25.7 Å². The van der Waals surface area contributed by atoms with E-state index < -0.39 is 8.07 Å². The molecule has 192 valence electrons. The van der Waals surface area contributed by atoms with E-state index in [2.05, 4.69) is 66.8 Å². The van der Waals surface area contributed by atoms with Crippen LogP contribution in [0, 0.1) is 5.82 Å². The van der Waals surface area contributed by atoms with Crippen molar-refractivity contribution in [2.24, 2.45) is 0 Å². The number of nitrogens with zero attached hydrogens (tertiary/aromatic N) is 4. The van der Waals surface area contributed by atoms with Crippen molar-refractivity contribution in [1.82, 2.24) is 14.7 Å². The predicted molar refractivity (Wildman–Crippen MR) is 149 cm³/mol. The van der Waals surface area contributed by atoms with Crippen LogP contribution in [0.4, 0.5) is 10.1 Å². The lowest BCUT2D eigenvalue weighted by Crippen LogP contribution is -2.44. The van der Waals surface area contributed by atoms with E-state index in [1.807, 2.05) is 16.8 Å². The number of anilines is 1. The molecule has 2 aromatic carbocycles. The summed E-state index contributed by atoms with van der Waals surface area (Å²) in [7, 11) is 0.984. The highest BCUT2D eigenvalue weighted by molar-refractivity contribution is 6.76. The molecule has 3 aromatic rings. The molecule has 1 aromatic heterocycles. The fourth-order valence-electron chi connectivity index (χ4n) is 4.84. The first-order valence-corrected chi connectivity index (χ1v) is 17.0. The molecular weight excluding hydrogens is 467 g/mol. The molecule has 1 saturated carbocycles. The predicted octanol–water partition coefficient (Wildman–Crippen LogP) is 6.30. The first-order chi connectivity index (χ1) is 17.3. The van der Waals surface area contributed by atoms with E-state index in [1.54, 1.807) is 6.07 Å². The van der Waals surface area contributed by atoms with E-state index in [9.17, 15) is 0 Å². The van der Waals surface area contributed by atoms with Crippen LogP contribution in [0.1, 0.15) is 24.3 Å². The van der Waals surface area contributed by atoms with Gasteiger partial charge in [-0.2, -0.15) is 5.10 Å². The Balaban J connectivity index is 1.43. The summed E-state index contributed by atoms with van der Waals surface area (Å²) in [6, 6.07) is 17.2. The van der Waals surface area contributed by atoms with Crippen LogP contribution < -0.4 is 4.90 Å². The van der Waals surface area contributed by atoms with E-state index in [-0.39, 0.29) is 5.82 Å². The highest BCUT2D eigenvalue weighted by Crippen LogP contribution is 2.45. The molecule has 36 heavy (non-hydrogen) atoms. The zero-order valence-corrected chi connectivity index (χ0v) is 23.1. The summed E-state index contributed by atoms with van der Waals surface area (Å²) in [5.74, 6) is 0.262. The van der Waals surface area contributed by atoms with Crippen LogP contribution in [-0.4, -0.2) is 62.6 Å². The zero-order valence-electron chi connectivity index (χ0n) is 22.1. The molecule has 2 aliphatic rings. The van der Waals surface area contributed by atoms with Crippen LogP contribution in [0.5, 0.6) is 0 Å². The molecule has 1 saturated heterocycles. The number of ether oxygens (including phenoxy) is 1. The third kappa shape index (κ3) is 5.90. The molecule has 0 bridgehead atoms. The number of hydrogen-bond acceptors (Lipinski definition) is 4. The molecule has 2 heterocycles. The lowest BCUT2D eigenvalue weighted by Gasteiger charge is -2.34. The van der Waals surface area contributed by atoms with Gasteiger partial charge in [0.2, 0.25) is 0 Å². The fraction of sp³-hybridized carbons (Fsp3) is 0.483. The monoisotopic (exact) mass is 506 g/mol. The Bertz CT molecular complexity index is 1170. The standard InChI is InChI=1S/C29H39FN4OSi/c1-32-14-16-33(17-15-32)24-12-10-23(11-13-24)27-20-28(34(31-27)21-35-18-19-36(2,3)4)29-25(22-8-9-22)6-5-7-26(29)30/h5-7,10-13,20,22H,8-9,14-19,21H2,1-4H3. The van der Waals surface area contributed by atoms with Crippen molar-refractivity contribution >= 4 is 13.8 Å². The van der Waals surface area contributed by atoms with Crippen LogP contribution in [-0.2, 0) is 11.5 Å². The van der Waals surface area contributed by atoms with Crippen molar-refractivity contribution in [1.29, 1.82) is 0 Å². The zero-order chi connectivity index (χ0) is 25.3. The summed E-state index contributed by atoms with van der Waals surface area (Å²) >= 11 is 0. The minimum Gasteiger partial charge on any atom is -0.369 e. The Labute approximate surface area is 215 Å². The highest BCUT2D eigenvalue weighted by atomic mass is 28.3. The van der Waals surface area contributed by atoms with Gasteiger partial charge in [-0.15, -0.1) is 0 Å². The second kappa shape index (κ2) is 10.5. The molecule has 7 heteroatoms. The van der Waals surface area contributed by atoms with Gasteiger partial charge in [-0.25, -0.2) is 9.07 Å². The maximum absolute atomic E-state index is 15.3. The number of halogens is 1. The molecule has 0 unspecified atom stereocenters. The average Bonchev–Trinajstić information content (AvgIpc) is 3.62. The Morgan fingerprint density at radius 2 is 1.72 bits per heavy atom. The minimum atomic E-state index is -1.19. The third-order valence-corrected chi connectivity index (χ3v) is 9.04. The Hall–Kier alpha value is -2.48. The smallest absolute Gasteiger partial charge is 0.140 e. The summed E-state index contributed by atoms with van der Waals surface area (Å²) in [4.78, 5) is 4.80. The lowest BCUT2D eigenvalue weighted by molar-refractivity contribution is 0.0799. The molecule has 1 aliphatic carbocycles. The molecule has 0 radical (unpaired) electrons. The molecular formula is C29H39FN4OSi. The summed E-state index contributed by atoms with van der Waals surface area (Å²) in [6.07, 6.45) is 2.25. The van der Waals surface area contributed by atoms with E-state index in [4.69, 9.17) is 9.84 Å². The average molecular weight is 507 g/mol. The van der Waals surface area contributed by atoms with Gasteiger partial charge in [-0.05, 0) is 61.7 Å². The number of piperazine rings is 1. The van der Waals surface area contributed by atoms with Gasteiger partial charge in [0.05, 0.1) is 11.4 Å². The van der Waals surface area contributed by atoms with Gasteiger partial charge in [0.25, 0.3) is 0 Å². The van der Waals surface area contributed by atoms with Gasteiger partial charge in [-0.3, -0.25) is 0 Å². The van der Waals surface area contributed by atoms with Gasteiger partial charge in [0, 0.05) is 57.7 Å². The van der Waals surface area contributed by atoms with Gasteiger partial charge in [0.15, 0.2) is 0 Å². The van der Waals surface area contributed by atoms with Crippen molar-refractivity contribution in [3.05, 3.63) is 59.9 Å². The van der Waals surface area contributed by atoms with E-state index in [1.165, 1.54) is 5.69 Å². The van der Waals surface area contributed by atoms with E-state index in [0.717, 1.165) is 67.6 Å². The number of hydrogen-bond donors (Lipinski definition) is 0. The normalized spacial score (nSPS) is 17.1. The summed E-state index contributed by atoms with van der Waals surface area (Å²) in [5, 5.41) is 4.92. The van der Waals surface area contributed by atoms with Crippen molar-refractivity contribution in [3.8, 4) is 22.5 Å². The Kier molecular flexibility index (Phi) is 7.33.